The maximum Gasteiger partial charge on any atom is 0.225 e. The molecule has 2 heterocycles. The Bertz CT molecular complexity index is 630. The smallest absolute Gasteiger partial charge is 0.225 e. The standard InChI is InChI=1S/C17H19NO3S/c1-20-14-4-2-12(3-5-14)16-7-6-15(22-16)10-18-17(19)13-8-9-21-11-13/h2-7,13H,8-11H2,1H3,(H,18,19). The van der Waals surface area contributed by atoms with Gasteiger partial charge in [-0.25, -0.2) is 0 Å². The molecule has 0 spiro atoms. The highest BCUT2D eigenvalue weighted by atomic mass is 32.1. The Morgan fingerprint density at radius 2 is 2.14 bits per heavy atom. The summed E-state index contributed by atoms with van der Waals surface area (Å²) < 4.78 is 10.4. The first kappa shape index (κ1) is 15.1. The molecule has 0 saturated carbocycles. The highest BCUT2D eigenvalue weighted by Crippen LogP contribution is 2.29. The fraction of sp³-hybridized carbons (Fsp3) is 0.353. The van der Waals surface area contributed by atoms with Crippen LogP contribution in [0.15, 0.2) is 36.4 Å². The van der Waals surface area contributed by atoms with Gasteiger partial charge in [0.1, 0.15) is 5.75 Å². The molecular formula is C17H19NO3S. The van der Waals surface area contributed by atoms with Gasteiger partial charge in [0.05, 0.1) is 26.2 Å². The SMILES string of the molecule is COc1ccc(-c2ccc(CNC(=O)C3CCOC3)s2)cc1. The summed E-state index contributed by atoms with van der Waals surface area (Å²) in [6.07, 6.45) is 0.827. The number of thiophene rings is 1. The van der Waals surface area contributed by atoms with Crippen molar-refractivity contribution < 1.29 is 14.3 Å². The van der Waals surface area contributed by atoms with Crippen LogP contribution in [0.2, 0.25) is 0 Å². The number of carbonyl (C=O) groups excluding carboxylic acids is 1. The minimum Gasteiger partial charge on any atom is -0.497 e. The lowest BCUT2D eigenvalue weighted by atomic mass is 10.1. The Labute approximate surface area is 134 Å². The van der Waals surface area contributed by atoms with Crippen molar-refractivity contribution >= 4 is 17.2 Å². The van der Waals surface area contributed by atoms with Crippen molar-refractivity contribution in [2.75, 3.05) is 20.3 Å². The van der Waals surface area contributed by atoms with Crippen LogP contribution in [0.1, 0.15) is 11.3 Å². The van der Waals surface area contributed by atoms with Gasteiger partial charge >= 0.3 is 0 Å². The van der Waals surface area contributed by atoms with E-state index in [0.29, 0.717) is 19.8 Å². The second kappa shape index (κ2) is 6.94. The number of ether oxygens (including phenoxy) is 2. The van der Waals surface area contributed by atoms with Crippen LogP contribution in [0.3, 0.4) is 0 Å². The normalized spacial score (nSPS) is 17.4. The number of benzene rings is 1. The van der Waals surface area contributed by atoms with E-state index in [1.165, 1.54) is 4.88 Å². The van der Waals surface area contributed by atoms with E-state index in [-0.39, 0.29) is 11.8 Å². The fourth-order valence-corrected chi connectivity index (χ4v) is 3.40. The highest BCUT2D eigenvalue weighted by Gasteiger charge is 2.23. The molecule has 0 bridgehead atoms. The first-order chi connectivity index (χ1) is 10.8. The molecule has 2 aromatic rings. The van der Waals surface area contributed by atoms with Crippen LogP contribution in [0.5, 0.6) is 5.75 Å². The molecule has 1 aromatic heterocycles. The van der Waals surface area contributed by atoms with Crippen molar-refractivity contribution in [2.45, 2.75) is 13.0 Å². The van der Waals surface area contributed by atoms with E-state index >= 15 is 0 Å². The zero-order valence-electron chi connectivity index (χ0n) is 12.5. The van der Waals surface area contributed by atoms with Crippen LogP contribution in [0.4, 0.5) is 0 Å². The summed E-state index contributed by atoms with van der Waals surface area (Å²) in [4.78, 5) is 14.3. The van der Waals surface area contributed by atoms with Gasteiger partial charge in [-0.05, 0) is 48.4 Å². The summed E-state index contributed by atoms with van der Waals surface area (Å²) >= 11 is 1.70. The molecule has 1 unspecified atom stereocenters. The number of carbonyl (C=O) groups is 1. The summed E-state index contributed by atoms with van der Waals surface area (Å²) in [5.41, 5.74) is 1.16. The molecule has 3 rings (SSSR count). The number of nitrogens with one attached hydrogen (secondary N) is 1. The van der Waals surface area contributed by atoms with Gasteiger partial charge in [0, 0.05) is 16.4 Å². The molecule has 1 atom stereocenters. The molecule has 22 heavy (non-hydrogen) atoms. The van der Waals surface area contributed by atoms with Crippen LogP contribution in [0.25, 0.3) is 10.4 Å². The second-order valence-electron chi connectivity index (χ2n) is 5.27. The number of hydrogen-bond donors (Lipinski definition) is 1. The van der Waals surface area contributed by atoms with Gasteiger partial charge in [-0.1, -0.05) is 0 Å². The number of methoxy groups -OCH3 is 1. The summed E-state index contributed by atoms with van der Waals surface area (Å²) in [5, 5.41) is 3.00. The van der Waals surface area contributed by atoms with Gasteiger partial charge in [-0.2, -0.15) is 0 Å². The van der Waals surface area contributed by atoms with Gasteiger partial charge < -0.3 is 14.8 Å². The molecule has 4 nitrogen and oxygen atoms in total. The Balaban J connectivity index is 1.59. The van der Waals surface area contributed by atoms with Crippen molar-refractivity contribution in [1.82, 2.24) is 5.32 Å². The highest BCUT2D eigenvalue weighted by molar-refractivity contribution is 7.15. The summed E-state index contributed by atoms with van der Waals surface area (Å²) in [7, 11) is 1.66. The summed E-state index contributed by atoms with van der Waals surface area (Å²) in [6.45, 7) is 1.82. The van der Waals surface area contributed by atoms with E-state index in [2.05, 4.69) is 17.4 Å². The van der Waals surface area contributed by atoms with Crippen molar-refractivity contribution in [2.24, 2.45) is 5.92 Å². The fourth-order valence-electron chi connectivity index (χ4n) is 2.44. The maximum absolute atomic E-state index is 12.0. The quantitative estimate of drug-likeness (QED) is 0.922. The second-order valence-corrected chi connectivity index (χ2v) is 6.44. The van der Waals surface area contributed by atoms with Gasteiger partial charge in [-0.15, -0.1) is 11.3 Å². The van der Waals surface area contributed by atoms with Crippen LogP contribution in [-0.2, 0) is 16.1 Å². The Morgan fingerprint density at radius 1 is 1.32 bits per heavy atom. The average Bonchev–Trinajstić information content (AvgIpc) is 3.24. The van der Waals surface area contributed by atoms with E-state index in [4.69, 9.17) is 9.47 Å². The third-order valence-corrected chi connectivity index (χ3v) is 4.91. The molecule has 1 saturated heterocycles. The van der Waals surface area contributed by atoms with E-state index in [1.54, 1.807) is 18.4 Å². The van der Waals surface area contributed by atoms with Crippen molar-refractivity contribution in [3.8, 4) is 16.2 Å². The Hall–Kier alpha value is -1.85. The first-order valence-corrected chi connectivity index (χ1v) is 8.16. The Kier molecular flexibility index (Phi) is 4.75. The number of amides is 1. The minimum atomic E-state index is 0.0148. The van der Waals surface area contributed by atoms with Gasteiger partial charge in [0.25, 0.3) is 0 Å². The molecule has 1 aromatic carbocycles. The minimum absolute atomic E-state index is 0.0148. The molecule has 5 heteroatoms. The Morgan fingerprint density at radius 3 is 2.82 bits per heavy atom. The lowest BCUT2D eigenvalue weighted by Crippen LogP contribution is -2.30. The van der Waals surface area contributed by atoms with E-state index in [1.807, 2.05) is 24.3 Å². The van der Waals surface area contributed by atoms with Crippen molar-refractivity contribution in [1.29, 1.82) is 0 Å². The van der Waals surface area contributed by atoms with E-state index in [9.17, 15) is 4.79 Å². The average molecular weight is 317 g/mol. The maximum atomic E-state index is 12.0. The molecule has 1 aliphatic rings. The van der Waals surface area contributed by atoms with Crippen LogP contribution < -0.4 is 10.1 Å². The molecule has 1 amide bonds. The zero-order chi connectivity index (χ0) is 15.4. The lowest BCUT2D eigenvalue weighted by Gasteiger charge is -2.07. The van der Waals surface area contributed by atoms with Crippen LogP contribution in [-0.4, -0.2) is 26.2 Å². The third-order valence-electron chi connectivity index (χ3n) is 3.77. The van der Waals surface area contributed by atoms with Gasteiger partial charge in [-0.3, -0.25) is 4.79 Å². The van der Waals surface area contributed by atoms with E-state index in [0.717, 1.165) is 22.6 Å². The topological polar surface area (TPSA) is 47.6 Å². The first-order valence-electron chi connectivity index (χ1n) is 7.35. The summed E-state index contributed by atoms with van der Waals surface area (Å²) in [5.74, 6) is 0.962. The predicted octanol–water partition coefficient (Wildman–Crippen LogP) is 3.08. The molecule has 1 N–H and O–H groups in total. The summed E-state index contributed by atoms with van der Waals surface area (Å²) in [6, 6.07) is 12.2. The predicted molar refractivity (Wildman–Crippen MR) is 87.1 cm³/mol. The third kappa shape index (κ3) is 3.48. The molecular weight excluding hydrogens is 298 g/mol. The molecule has 0 radical (unpaired) electrons. The molecule has 1 aliphatic heterocycles. The van der Waals surface area contributed by atoms with E-state index < -0.39 is 0 Å². The van der Waals surface area contributed by atoms with Gasteiger partial charge in [0.15, 0.2) is 0 Å². The largest absolute Gasteiger partial charge is 0.497 e. The van der Waals surface area contributed by atoms with Gasteiger partial charge in [0.2, 0.25) is 5.91 Å². The monoisotopic (exact) mass is 317 g/mol. The number of rotatable bonds is 5. The number of hydrogen-bond acceptors (Lipinski definition) is 4. The van der Waals surface area contributed by atoms with Crippen molar-refractivity contribution in [3.05, 3.63) is 41.3 Å². The molecule has 0 aliphatic carbocycles. The van der Waals surface area contributed by atoms with Crippen molar-refractivity contribution in [3.63, 3.8) is 0 Å². The zero-order valence-corrected chi connectivity index (χ0v) is 13.3. The molecule has 116 valence electrons. The lowest BCUT2D eigenvalue weighted by molar-refractivity contribution is -0.125. The van der Waals surface area contributed by atoms with Crippen LogP contribution in [0, 0.1) is 5.92 Å². The van der Waals surface area contributed by atoms with Crippen LogP contribution >= 0.6 is 11.3 Å². The molecule has 1 fully saturated rings.